The molecule has 0 spiro atoms. The number of rotatable bonds is 4. The molecule has 2 aromatic heterocycles. The first-order valence-electron chi connectivity index (χ1n) is 5.99. The lowest BCUT2D eigenvalue weighted by atomic mass is 10.2. The Balaban J connectivity index is 1.83. The van der Waals surface area contributed by atoms with Crippen molar-refractivity contribution in [2.45, 2.75) is 18.8 Å². The van der Waals surface area contributed by atoms with Gasteiger partial charge in [0.2, 0.25) is 5.89 Å². The fraction of sp³-hybridized carbons (Fsp3) is 0.273. The maximum Gasteiger partial charge on any atom is 0.322 e. The summed E-state index contributed by atoms with van der Waals surface area (Å²) in [5, 5.41) is 20.6. The van der Waals surface area contributed by atoms with E-state index >= 15 is 0 Å². The molecular weight excluding hydrogens is 302 g/mol. The summed E-state index contributed by atoms with van der Waals surface area (Å²) >= 11 is 5.66. The summed E-state index contributed by atoms with van der Waals surface area (Å²) in [6.45, 7) is 0. The summed E-state index contributed by atoms with van der Waals surface area (Å²) in [6, 6.07) is 0.997. The molecule has 1 saturated carbocycles. The van der Waals surface area contributed by atoms with Crippen LogP contribution in [0.4, 0.5) is 11.7 Å². The Morgan fingerprint density at radius 1 is 1.48 bits per heavy atom. The maximum absolute atomic E-state index is 12.1. The lowest BCUT2D eigenvalue weighted by molar-refractivity contribution is -0.385. The molecular formula is C11H8ClN5O4. The van der Waals surface area contributed by atoms with E-state index < -0.39 is 16.5 Å². The maximum atomic E-state index is 12.1. The zero-order valence-electron chi connectivity index (χ0n) is 10.4. The monoisotopic (exact) mass is 309 g/mol. The Hall–Kier alpha value is -2.55. The Labute approximate surface area is 122 Å². The van der Waals surface area contributed by atoms with E-state index in [1.807, 2.05) is 0 Å². The van der Waals surface area contributed by atoms with Crippen molar-refractivity contribution in [2.75, 3.05) is 5.32 Å². The molecule has 1 fully saturated rings. The highest BCUT2D eigenvalue weighted by molar-refractivity contribution is 6.30. The molecule has 0 bridgehead atoms. The molecule has 2 heterocycles. The lowest BCUT2D eigenvalue weighted by Gasteiger charge is -2.02. The predicted octanol–water partition coefficient (Wildman–Crippen LogP) is 2.16. The topological polar surface area (TPSA) is 124 Å². The Kier molecular flexibility index (Phi) is 3.26. The van der Waals surface area contributed by atoms with Crippen LogP contribution in [0.15, 0.2) is 16.7 Å². The number of amides is 1. The smallest absolute Gasteiger partial charge is 0.322 e. The van der Waals surface area contributed by atoms with Gasteiger partial charge in [0.1, 0.15) is 16.9 Å². The predicted molar refractivity (Wildman–Crippen MR) is 70.1 cm³/mol. The lowest BCUT2D eigenvalue weighted by Crippen LogP contribution is -2.14. The van der Waals surface area contributed by atoms with E-state index in [1.165, 1.54) is 0 Å². The molecule has 1 aliphatic rings. The van der Waals surface area contributed by atoms with Gasteiger partial charge in [-0.2, -0.15) is 0 Å². The number of nitrogens with zero attached hydrogens (tertiary/aromatic N) is 4. The van der Waals surface area contributed by atoms with Crippen LogP contribution in [-0.2, 0) is 0 Å². The third-order valence-electron chi connectivity index (χ3n) is 2.88. The van der Waals surface area contributed by atoms with Gasteiger partial charge in [-0.15, -0.1) is 5.10 Å². The average Bonchev–Trinajstić information content (AvgIpc) is 3.19. The summed E-state index contributed by atoms with van der Waals surface area (Å²) in [7, 11) is 0. The highest BCUT2D eigenvalue weighted by atomic mass is 35.5. The largest absolute Gasteiger partial charge is 0.408 e. The van der Waals surface area contributed by atoms with Gasteiger partial charge in [0.25, 0.3) is 11.6 Å². The van der Waals surface area contributed by atoms with Crippen LogP contribution < -0.4 is 5.32 Å². The molecule has 0 aliphatic heterocycles. The molecule has 21 heavy (non-hydrogen) atoms. The van der Waals surface area contributed by atoms with Crippen LogP contribution >= 0.6 is 11.6 Å². The van der Waals surface area contributed by atoms with Crippen molar-refractivity contribution in [1.82, 2.24) is 15.2 Å². The standard InChI is InChI=1S/C11H8ClN5O4/c12-8-3-6(7(4-13-8)17(19)20)9(18)14-11-16-15-10(21-11)5-1-2-5/h3-5H,1-2H2,(H,14,16,18). The van der Waals surface area contributed by atoms with Gasteiger partial charge in [-0.1, -0.05) is 16.7 Å². The molecule has 1 N–H and O–H groups in total. The average molecular weight is 310 g/mol. The number of pyridine rings is 1. The van der Waals surface area contributed by atoms with E-state index in [0.717, 1.165) is 25.1 Å². The minimum Gasteiger partial charge on any atom is -0.408 e. The molecule has 0 unspecified atom stereocenters. The zero-order valence-corrected chi connectivity index (χ0v) is 11.2. The van der Waals surface area contributed by atoms with Crippen molar-refractivity contribution in [3.8, 4) is 0 Å². The summed E-state index contributed by atoms with van der Waals surface area (Å²) in [5.74, 6) is -0.0718. The molecule has 2 aromatic rings. The molecule has 108 valence electrons. The quantitative estimate of drug-likeness (QED) is 0.521. The first kappa shape index (κ1) is 13.4. The normalized spacial score (nSPS) is 14.0. The van der Waals surface area contributed by atoms with Gasteiger partial charge in [-0.25, -0.2) is 4.98 Å². The van der Waals surface area contributed by atoms with Crippen LogP contribution in [0.3, 0.4) is 0 Å². The van der Waals surface area contributed by atoms with Crippen molar-refractivity contribution < 1.29 is 14.1 Å². The number of hydrogen-bond acceptors (Lipinski definition) is 7. The van der Waals surface area contributed by atoms with E-state index in [9.17, 15) is 14.9 Å². The van der Waals surface area contributed by atoms with Crippen molar-refractivity contribution >= 4 is 29.2 Å². The third-order valence-corrected chi connectivity index (χ3v) is 3.09. The van der Waals surface area contributed by atoms with Crippen LogP contribution in [-0.4, -0.2) is 26.0 Å². The summed E-state index contributed by atoms with van der Waals surface area (Å²) in [5.41, 5.74) is -0.690. The number of carbonyl (C=O) groups is 1. The molecule has 3 rings (SSSR count). The highest BCUT2D eigenvalue weighted by Gasteiger charge is 2.30. The van der Waals surface area contributed by atoms with E-state index in [0.29, 0.717) is 5.89 Å². The van der Waals surface area contributed by atoms with E-state index in [1.54, 1.807) is 0 Å². The number of hydrogen-bond donors (Lipinski definition) is 1. The van der Waals surface area contributed by atoms with Crippen molar-refractivity contribution in [3.05, 3.63) is 39.0 Å². The van der Waals surface area contributed by atoms with Crippen LogP contribution in [0.1, 0.15) is 35.0 Å². The Morgan fingerprint density at radius 2 is 2.24 bits per heavy atom. The van der Waals surface area contributed by atoms with E-state index in [2.05, 4.69) is 20.5 Å². The number of carbonyl (C=O) groups excluding carboxylic acids is 1. The fourth-order valence-corrected chi connectivity index (χ4v) is 1.85. The molecule has 9 nitrogen and oxygen atoms in total. The summed E-state index contributed by atoms with van der Waals surface area (Å²) in [4.78, 5) is 25.8. The molecule has 1 aliphatic carbocycles. The van der Waals surface area contributed by atoms with Gasteiger partial charge >= 0.3 is 6.01 Å². The van der Waals surface area contributed by atoms with Crippen LogP contribution in [0.2, 0.25) is 5.15 Å². The molecule has 0 saturated heterocycles. The van der Waals surface area contributed by atoms with E-state index in [-0.39, 0.29) is 22.6 Å². The summed E-state index contributed by atoms with van der Waals surface area (Å²) in [6.07, 6.45) is 2.86. The van der Waals surface area contributed by atoms with Gasteiger partial charge in [0, 0.05) is 5.92 Å². The second-order valence-electron chi connectivity index (χ2n) is 4.46. The fourth-order valence-electron chi connectivity index (χ4n) is 1.69. The number of halogens is 1. The van der Waals surface area contributed by atoms with Gasteiger partial charge in [-0.3, -0.25) is 20.2 Å². The first-order chi connectivity index (χ1) is 10.0. The second-order valence-corrected chi connectivity index (χ2v) is 4.84. The minimum absolute atomic E-state index is 0.0325. The van der Waals surface area contributed by atoms with Crippen LogP contribution in [0.5, 0.6) is 0 Å². The number of anilines is 1. The number of aromatic nitrogens is 3. The van der Waals surface area contributed by atoms with Crippen molar-refractivity contribution in [1.29, 1.82) is 0 Å². The van der Waals surface area contributed by atoms with Gasteiger partial charge in [0.05, 0.1) is 4.92 Å². The van der Waals surface area contributed by atoms with Gasteiger partial charge in [0.15, 0.2) is 0 Å². The highest BCUT2D eigenvalue weighted by Crippen LogP contribution is 2.39. The minimum atomic E-state index is -0.767. The number of nitrogens with one attached hydrogen (secondary N) is 1. The van der Waals surface area contributed by atoms with Crippen molar-refractivity contribution in [3.63, 3.8) is 0 Å². The molecule has 1 amide bonds. The molecule has 0 aromatic carbocycles. The second kappa shape index (κ2) is 5.09. The number of nitro groups is 1. The Bertz CT molecular complexity index is 727. The summed E-state index contributed by atoms with van der Waals surface area (Å²) < 4.78 is 5.26. The third kappa shape index (κ3) is 2.82. The van der Waals surface area contributed by atoms with Gasteiger partial charge in [-0.05, 0) is 18.9 Å². The first-order valence-corrected chi connectivity index (χ1v) is 6.37. The SMILES string of the molecule is O=C(Nc1nnc(C2CC2)o1)c1cc(Cl)ncc1[N+](=O)[O-]. The zero-order chi connectivity index (χ0) is 15.0. The molecule has 0 radical (unpaired) electrons. The molecule has 10 heteroatoms. The van der Waals surface area contributed by atoms with Crippen LogP contribution in [0.25, 0.3) is 0 Å². The van der Waals surface area contributed by atoms with Crippen LogP contribution in [0, 0.1) is 10.1 Å². The van der Waals surface area contributed by atoms with Gasteiger partial charge < -0.3 is 4.42 Å². The molecule has 0 atom stereocenters. The van der Waals surface area contributed by atoms with E-state index in [4.69, 9.17) is 16.0 Å². The van der Waals surface area contributed by atoms with Crippen molar-refractivity contribution in [2.24, 2.45) is 0 Å². The Morgan fingerprint density at radius 3 is 2.90 bits per heavy atom.